The Kier molecular flexibility index (Phi) is 3.14. The van der Waals surface area contributed by atoms with Gasteiger partial charge in [0.15, 0.2) is 9.84 Å². The zero-order valence-corrected chi connectivity index (χ0v) is 11.2. The van der Waals surface area contributed by atoms with Crippen molar-refractivity contribution in [3.8, 4) is 6.07 Å². The summed E-state index contributed by atoms with van der Waals surface area (Å²) in [4.78, 5) is 0. The lowest BCUT2D eigenvalue weighted by Gasteiger charge is -2.03. The fourth-order valence-corrected chi connectivity index (χ4v) is 4.51. The van der Waals surface area contributed by atoms with Crippen LogP contribution in [0.2, 0.25) is 5.02 Å². The van der Waals surface area contributed by atoms with Gasteiger partial charge in [-0.3, -0.25) is 0 Å². The summed E-state index contributed by atoms with van der Waals surface area (Å²) in [7, 11) is -3.38. The van der Waals surface area contributed by atoms with E-state index in [1.54, 1.807) is 24.3 Å². The third-order valence-electron chi connectivity index (χ3n) is 3.42. The molecule has 0 aliphatic heterocycles. The van der Waals surface area contributed by atoms with Crippen molar-refractivity contribution in [2.75, 3.05) is 12.9 Å². The predicted octanol–water partition coefficient (Wildman–Crippen LogP) is 1.35. The molecule has 0 bridgehead atoms. The van der Waals surface area contributed by atoms with Crippen molar-refractivity contribution in [1.82, 2.24) is 0 Å². The van der Waals surface area contributed by atoms with Gasteiger partial charge in [0.25, 0.3) is 0 Å². The average molecular weight is 286 g/mol. The number of hydrogen-bond donors (Lipinski definition) is 1. The minimum atomic E-state index is -3.38. The van der Waals surface area contributed by atoms with E-state index in [4.69, 9.17) is 11.6 Å². The van der Waals surface area contributed by atoms with E-state index < -0.39 is 33.0 Å². The van der Waals surface area contributed by atoms with Crippen molar-refractivity contribution < 1.29 is 13.5 Å². The van der Waals surface area contributed by atoms with Crippen molar-refractivity contribution >= 4 is 21.4 Å². The first-order chi connectivity index (χ1) is 8.36. The number of sulfone groups is 1. The van der Waals surface area contributed by atoms with Crippen molar-refractivity contribution in [2.24, 2.45) is 5.41 Å². The monoisotopic (exact) mass is 285 g/mol. The maximum Gasteiger partial charge on any atom is 0.152 e. The van der Waals surface area contributed by atoms with Crippen molar-refractivity contribution in [3.63, 3.8) is 0 Å². The number of nitriles is 1. The molecule has 2 rings (SSSR count). The minimum absolute atomic E-state index is 0.464. The van der Waals surface area contributed by atoms with Gasteiger partial charge in [0.1, 0.15) is 5.41 Å². The molecule has 1 aromatic carbocycles. The number of halogens is 1. The van der Waals surface area contributed by atoms with E-state index >= 15 is 0 Å². The molecule has 0 spiro atoms. The highest BCUT2D eigenvalue weighted by atomic mass is 35.5. The highest BCUT2D eigenvalue weighted by Gasteiger charge is 2.70. The van der Waals surface area contributed by atoms with Crippen molar-refractivity contribution in [3.05, 3.63) is 34.9 Å². The molecule has 1 aliphatic carbocycles. The summed E-state index contributed by atoms with van der Waals surface area (Å²) < 4.78 is 23.4. The van der Waals surface area contributed by atoms with E-state index in [1.165, 1.54) is 0 Å². The smallest absolute Gasteiger partial charge is 0.152 e. The van der Waals surface area contributed by atoms with Crippen LogP contribution in [0.25, 0.3) is 0 Å². The Labute approximate surface area is 111 Å². The first kappa shape index (κ1) is 13.3. The van der Waals surface area contributed by atoms with Gasteiger partial charge >= 0.3 is 0 Å². The Balaban J connectivity index is 2.46. The Morgan fingerprint density at radius 2 is 2.00 bits per heavy atom. The molecule has 0 unspecified atom stereocenters. The molecule has 96 valence electrons. The fourth-order valence-electron chi connectivity index (χ4n) is 2.53. The van der Waals surface area contributed by atoms with Crippen LogP contribution in [0.5, 0.6) is 0 Å². The van der Waals surface area contributed by atoms with Crippen LogP contribution in [0.1, 0.15) is 11.5 Å². The number of nitrogens with zero attached hydrogens (tertiary/aromatic N) is 1. The third-order valence-corrected chi connectivity index (χ3v) is 5.28. The van der Waals surface area contributed by atoms with Crippen LogP contribution in [0.15, 0.2) is 24.3 Å². The second-order valence-corrected chi connectivity index (χ2v) is 7.19. The molecular formula is C12H12ClNO3S. The van der Waals surface area contributed by atoms with Crippen LogP contribution in [0.4, 0.5) is 0 Å². The molecule has 0 saturated heterocycles. The van der Waals surface area contributed by atoms with Gasteiger partial charge in [0.05, 0.1) is 17.9 Å². The zero-order valence-electron chi connectivity index (χ0n) is 9.67. The van der Waals surface area contributed by atoms with E-state index in [9.17, 15) is 18.8 Å². The summed E-state index contributed by atoms with van der Waals surface area (Å²) >= 11 is 5.77. The number of aliphatic hydroxyl groups is 1. The summed E-state index contributed by atoms with van der Waals surface area (Å²) in [5.74, 6) is -0.486. The molecule has 3 atom stereocenters. The van der Waals surface area contributed by atoms with Crippen LogP contribution in [0, 0.1) is 16.7 Å². The third kappa shape index (κ3) is 1.91. The largest absolute Gasteiger partial charge is 0.395 e. The summed E-state index contributed by atoms with van der Waals surface area (Å²) in [5.41, 5.74) is -0.507. The molecule has 0 radical (unpaired) electrons. The Morgan fingerprint density at radius 1 is 1.44 bits per heavy atom. The van der Waals surface area contributed by atoms with Gasteiger partial charge in [-0.1, -0.05) is 23.7 Å². The molecule has 4 nitrogen and oxygen atoms in total. The number of benzene rings is 1. The molecule has 0 amide bonds. The number of rotatable bonds is 3. The Bertz CT molecular complexity index is 605. The quantitative estimate of drug-likeness (QED) is 0.909. The van der Waals surface area contributed by atoms with Crippen LogP contribution in [-0.4, -0.2) is 31.6 Å². The maximum atomic E-state index is 11.7. The van der Waals surface area contributed by atoms with E-state index in [1.807, 2.05) is 6.07 Å². The standard InChI is InChI=1S/C12H12ClNO3S/c1-18(16,17)11-10(12(11,6-14)7-15)8-2-4-9(13)5-3-8/h2-5,10-11,15H,7H2,1H3/t10-,11-,12-/m1/s1. The molecule has 0 heterocycles. The molecule has 6 heteroatoms. The van der Waals surface area contributed by atoms with Gasteiger partial charge < -0.3 is 5.11 Å². The molecular weight excluding hydrogens is 274 g/mol. The fraction of sp³-hybridized carbons (Fsp3) is 0.417. The summed E-state index contributed by atoms with van der Waals surface area (Å²) in [6.45, 7) is -0.464. The SMILES string of the molecule is CS(=O)(=O)[C@@H]1[C@@H](c2ccc(Cl)cc2)[C@@]1(C#N)CO. The second kappa shape index (κ2) is 4.23. The Morgan fingerprint density at radius 3 is 2.33 bits per heavy atom. The van der Waals surface area contributed by atoms with Gasteiger partial charge in [-0.05, 0) is 17.7 Å². The lowest BCUT2D eigenvalue weighted by atomic mass is 10.0. The topological polar surface area (TPSA) is 78.2 Å². The second-order valence-electron chi connectivity index (χ2n) is 4.59. The predicted molar refractivity (Wildman–Crippen MR) is 68.0 cm³/mol. The van der Waals surface area contributed by atoms with Gasteiger partial charge in [0.2, 0.25) is 0 Å². The number of hydrogen-bond acceptors (Lipinski definition) is 4. The van der Waals surface area contributed by atoms with Gasteiger partial charge in [-0.25, -0.2) is 8.42 Å². The molecule has 1 saturated carbocycles. The molecule has 1 fully saturated rings. The highest BCUT2D eigenvalue weighted by Crippen LogP contribution is 2.62. The summed E-state index contributed by atoms with van der Waals surface area (Å²) in [6.07, 6.45) is 1.09. The minimum Gasteiger partial charge on any atom is -0.395 e. The van der Waals surface area contributed by atoms with Crippen LogP contribution < -0.4 is 0 Å². The van der Waals surface area contributed by atoms with Crippen LogP contribution in [0.3, 0.4) is 0 Å². The van der Waals surface area contributed by atoms with Gasteiger partial charge in [0, 0.05) is 17.2 Å². The average Bonchev–Trinajstić information content (AvgIpc) is 3.00. The lowest BCUT2D eigenvalue weighted by Crippen LogP contribution is -2.16. The van der Waals surface area contributed by atoms with Crippen molar-refractivity contribution in [2.45, 2.75) is 11.2 Å². The van der Waals surface area contributed by atoms with Crippen molar-refractivity contribution in [1.29, 1.82) is 5.26 Å². The molecule has 1 aliphatic rings. The lowest BCUT2D eigenvalue weighted by molar-refractivity contribution is 0.242. The highest BCUT2D eigenvalue weighted by molar-refractivity contribution is 7.91. The van der Waals surface area contributed by atoms with Crippen LogP contribution in [-0.2, 0) is 9.84 Å². The summed E-state index contributed by atoms with van der Waals surface area (Å²) in [6, 6.07) is 8.64. The molecule has 1 aromatic rings. The number of aliphatic hydroxyl groups excluding tert-OH is 1. The summed E-state index contributed by atoms with van der Waals surface area (Å²) in [5, 5.41) is 18.2. The van der Waals surface area contributed by atoms with Crippen LogP contribution >= 0.6 is 11.6 Å². The normalized spacial score (nSPS) is 30.8. The maximum absolute atomic E-state index is 11.7. The van der Waals surface area contributed by atoms with E-state index in [-0.39, 0.29) is 0 Å². The Hall–Kier alpha value is -1.09. The van der Waals surface area contributed by atoms with Gasteiger partial charge in [-0.15, -0.1) is 0 Å². The molecule has 18 heavy (non-hydrogen) atoms. The molecule has 1 N–H and O–H groups in total. The first-order valence-electron chi connectivity index (χ1n) is 5.33. The van der Waals surface area contributed by atoms with Gasteiger partial charge in [-0.2, -0.15) is 5.26 Å². The van der Waals surface area contributed by atoms with E-state index in [0.29, 0.717) is 10.6 Å². The zero-order chi connectivity index (χ0) is 13.6. The molecule has 0 aromatic heterocycles. The van der Waals surface area contributed by atoms with E-state index in [0.717, 1.165) is 6.26 Å². The van der Waals surface area contributed by atoms with E-state index in [2.05, 4.69) is 0 Å². The first-order valence-corrected chi connectivity index (χ1v) is 7.66.